The summed E-state index contributed by atoms with van der Waals surface area (Å²) < 4.78 is 74.5. The lowest BCUT2D eigenvalue weighted by atomic mass is 10.1. The first-order chi connectivity index (χ1) is 7.46. The van der Waals surface area contributed by atoms with Gasteiger partial charge in [-0.2, -0.15) is 26.3 Å². The first-order valence-corrected chi connectivity index (χ1v) is 4.91. The minimum atomic E-state index is -5.13. The summed E-state index contributed by atoms with van der Waals surface area (Å²) >= 11 is 15.5. The zero-order chi connectivity index (χ0) is 13.6. The highest BCUT2D eigenvalue weighted by molar-refractivity contribution is 6.44. The van der Waals surface area contributed by atoms with Crippen LogP contribution in [0.5, 0.6) is 0 Å². The Hall–Kier alpha value is -0.330. The third-order valence-corrected chi connectivity index (χ3v) is 2.93. The van der Waals surface area contributed by atoms with E-state index in [0.717, 1.165) is 0 Å². The van der Waals surface area contributed by atoms with Crippen LogP contribution in [0.25, 0.3) is 0 Å². The fraction of sp³-hybridized carbons (Fsp3) is 0.250. The van der Waals surface area contributed by atoms with Gasteiger partial charge in [0.15, 0.2) is 0 Å². The molecule has 0 amide bonds. The molecule has 0 aliphatic rings. The number of hydrogen-bond acceptors (Lipinski definition) is 0. The lowest BCUT2D eigenvalue weighted by Gasteiger charge is -2.17. The van der Waals surface area contributed by atoms with Crippen LogP contribution in [-0.4, -0.2) is 0 Å². The Morgan fingerprint density at radius 1 is 0.765 bits per heavy atom. The van der Waals surface area contributed by atoms with Crippen molar-refractivity contribution >= 4 is 34.8 Å². The lowest BCUT2D eigenvalue weighted by molar-refractivity contribution is -0.142. The molecule has 9 heteroatoms. The van der Waals surface area contributed by atoms with Crippen LogP contribution in [0.3, 0.4) is 0 Å². The van der Waals surface area contributed by atoms with Crippen molar-refractivity contribution in [3.05, 3.63) is 32.3 Å². The molecule has 0 aromatic heterocycles. The summed E-state index contributed by atoms with van der Waals surface area (Å²) in [6, 6.07) is 0.251. The monoisotopic (exact) mass is 316 g/mol. The second kappa shape index (κ2) is 4.40. The van der Waals surface area contributed by atoms with Crippen LogP contribution in [0.4, 0.5) is 26.3 Å². The number of alkyl halides is 6. The predicted octanol–water partition coefficient (Wildman–Crippen LogP) is 5.68. The van der Waals surface area contributed by atoms with Gasteiger partial charge < -0.3 is 0 Å². The van der Waals surface area contributed by atoms with Gasteiger partial charge in [0.25, 0.3) is 0 Å². The van der Waals surface area contributed by atoms with Gasteiger partial charge in [-0.05, 0) is 6.07 Å². The van der Waals surface area contributed by atoms with Crippen molar-refractivity contribution in [2.45, 2.75) is 12.4 Å². The second-order valence-corrected chi connectivity index (χ2v) is 4.07. The van der Waals surface area contributed by atoms with E-state index in [2.05, 4.69) is 0 Å². The quantitative estimate of drug-likeness (QED) is 0.426. The van der Waals surface area contributed by atoms with Crippen LogP contribution >= 0.6 is 34.8 Å². The van der Waals surface area contributed by atoms with Gasteiger partial charge >= 0.3 is 12.4 Å². The van der Waals surface area contributed by atoms with E-state index < -0.39 is 38.5 Å². The van der Waals surface area contributed by atoms with Gasteiger partial charge in [0.05, 0.1) is 26.2 Å². The van der Waals surface area contributed by atoms with E-state index in [1.807, 2.05) is 0 Å². The van der Waals surface area contributed by atoms with Gasteiger partial charge in [0.2, 0.25) is 0 Å². The first-order valence-electron chi connectivity index (χ1n) is 3.78. The van der Waals surface area contributed by atoms with Crippen molar-refractivity contribution in [3.8, 4) is 0 Å². The fourth-order valence-electron chi connectivity index (χ4n) is 1.06. The Bertz CT molecular complexity index is 448. The van der Waals surface area contributed by atoms with Crippen molar-refractivity contribution in [1.82, 2.24) is 0 Å². The highest BCUT2D eigenvalue weighted by atomic mass is 35.5. The Balaban J connectivity index is 3.67. The topological polar surface area (TPSA) is 0 Å². The van der Waals surface area contributed by atoms with Crippen molar-refractivity contribution in [1.29, 1.82) is 0 Å². The van der Waals surface area contributed by atoms with Crippen molar-refractivity contribution < 1.29 is 26.3 Å². The molecule has 0 aliphatic carbocycles. The smallest absolute Gasteiger partial charge is 0.166 e. The SMILES string of the molecule is FC(F)(F)c1cc(Cl)c(Cl)c(C(F)(F)F)c1Cl. The summed E-state index contributed by atoms with van der Waals surface area (Å²) in [4.78, 5) is 0. The second-order valence-electron chi connectivity index (χ2n) is 2.90. The van der Waals surface area contributed by atoms with Crippen molar-refractivity contribution in [3.63, 3.8) is 0 Å². The molecule has 1 aromatic rings. The molecule has 0 N–H and O–H groups in total. The molecule has 0 saturated carbocycles. The maximum Gasteiger partial charge on any atom is 0.419 e. The lowest BCUT2D eigenvalue weighted by Crippen LogP contribution is -2.13. The Kier molecular flexibility index (Phi) is 3.82. The van der Waals surface area contributed by atoms with E-state index >= 15 is 0 Å². The molecule has 96 valence electrons. The van der Waals surface area contributed by atoms with Gasteiger partial charge in [-0.15, -0.1) is 0 Å². The minimum Gasteiger partial charge on any atom is -0.166 e. The zero-order valence-electron chi connectivity index (χ0n) is 7.48. The Morgan fingerprint density at radius 3 is 1.59 bits per heavy atom. The third kappa shape index (κ3) is 2.92. The minimum absolute atomic E-state index is 0.251. The summed E-state index contributed by atoms with van der Waals surface area (Å²) in [7, 11) is 0. The number of benzene rings is 1. The maximum atomic E-state index is 12.5. The molecule has 17 heavy (non-hydrogen) atoms. The zero-order valence-corrected chi connectivity index (χ0v) is 9.75. The predicted molar refractivity (Wildman–Crippen MR) is 51.5 cm³/mol. The fourth-order valence-corrected chi connectivity index (χ4v) is 1.93. The van der Waals surface area contributed by atoms with E-state index in [0.29, 0.717) is 0 Å². The molecule has 0 radical (unpaired) electrons. The molecule has 1 aromatic carbocycles. The van der Waals surface area contributed by atoms with E-state index in [4.69, 9.17) is 34.8 Å². The molecule has 0 spiro atoms. The molecule has 0 bridgehead atoms. The summed E-state index contributed by atoms with van der Waals surface area (Å²) in [5, 5.41) is -3.44. The van der Waals surface area contributed by atoms with Gasteiger partial charge in [0, 0.05) is 0 Å². The average molecular weight is 317 g/mol. The molecule has 0 fully saturated rings. The van der Waals surface area contributed by atoms with E-state index in [9.17, 15) is 26.3 Å². The first kappa shape index (κ1) is 14.7. The van der Waals surface area contributed by atoms with Crippen LogP contribution in [0.2, 0.25) is 15.1 Å². The molecule has 0 nitrogen and oxygen atoms in total. The normalized spacial score (nSPS) is 13.0. The third-order valence-electron chi connectivity index (χ3n) is 1.75. The van der Waals surface area contributed by atoms with Gasteiger partial charge in [-0.1, -0.05) is 34.8 Å². The summed E-state index contributed by atoms with van der Waals surface area (Å²) in [5.41, 5.74) is -3.47. The molecule has 0 aliphatic heterocycles. The molecule has 0 heterocycles. The van der Waals surface area contributed by atoms with E-state index in [-0.39, 0.29) is 6.07 Å². The van der Waals surface area contributed by atoms with Gasteiger partial charge in [-0.25, -0.2) is 0 Å². The average Bonchev–Trinajstić information content (AvgIpc) is 2.07. The van der Waals surface area contributed by atoms with Crippen molar-refractivity contribution in [2.24, 2.45) is 0 Å². The van der Waals surface area contributed by atoms with Crippen LogP contribution < -0.4 is 0 Å². The number of halogens is 9. The highest BCUT2D eigenvalue weighted by Gasteiger charge is 2.43. The van der Waals surface area contributed by atoms with E-state index in [1.54, 1.807) is 0 Å². The molecular formula is C8HCl3F6. The number of hydrogen-bond donors (Lipinski definition) is 0. The van der Waals surface area contributed by atoms with Crippen LogP contribution in [0.1, 0.15) is 11.1 Å². The summed E-state index contributed by atoms with van der Waals surface area (Å²) in [6.07, 6.45) is -10.2. The Labute approximate surface area is 106 Å². The van der Waals surface area contributed by atoms with Gasteiger partial charge in [-0.3, -0.25) is 0 Å². The molecular weight excluding hydrogens is 316 g/mol. The maximum absolute atomic E-state index is 12.5. The summed E-state index contributed by atoms with van der Waals surface area (Å²) in [6.45, 7) is 0. The molecule has 0 atom stereocenters. The number of rotatable bonds is 0. The largest absolute Gasteiger partial charge is 0.419 e. The molecule has 1 rings (SSSR count). The Morgan fingerprint density at radius 2 is 1.24 bits per heavy atom. The van der Waals surface area contributed by atoms with Gasteiger partial charge in [0.1, 0.15) is 0 Å². The standard InChI is InChI=1S/C8HCl3F6/c9-3-1-2(7(12,13)14)5(10)4(6(3)11)8(15,16)17/h1H. The summed E-state index contributed by atoms with van der Waals surface area (Å²) in [5.74, 6) is 0. The van der Waals surface area contributed by atoms with Crippen LogP contribution in [0.15, 0.2) is 6.07 Å². The van der Waals surface area contributed by atoms with E-state index in [1.165, 1.54) is 0 Å². The van der Waals surface area contributed by atoms with Crippen LogP contribution in [0, 0.1) is 0 Å². The van der Waals surface area contributed by atoms with Crippen LogP contribution in [-0.2, 0) is 12.4 Å². The highest BCUT2D eigenvalue weighted by Crippen LogP contribution is 2.47. The van der Waals surface area contributed by atoms with Crippen molar-refractivity contribution in [2.75, 3.05) is 0 Å². The molecule has 0 unspecified atom stereocenters. The molecule has 0 saturated heterocycles.